The first-order valence-corrected chi connectivity index (χ1v) is 8.69. The molecule has 2 aromatic carbocycles. The van der Waals surface area contributed by atoms with Gasteiger partial charge in [0.15, 0.2) is 0 Å². The van der Waals surface area contributed by atoms with Crippen LogP contribution in [-0.2, 0) is 11.2 Å². The third-order valence-corrected chi connectivity index (χ3v) is 4.68. The fraction of sp³-hybridized carbons (Fsp3) is 0.350. The van der Waals surface area contributed by atoms with E-state index in [1.807, 2.05) is 59.5 Å². The summed E-state index contributed by atoms with van der Waals surface area (Å²) in [6, 6.07) is 17.2. The molecule has 2 aromatic rings. The number of nitrogens with two attached hydrogens (primary N) is 1. The zero-order valence-electron chi connectivity index (χ0n) is 15.2. The Balaban J connectivity index is 0.00000182. The lowest BCUT2D eigenvalue weighted by atomic mass is 10.1. The molecule has 1 heterocycles. The van der Waals surface area contributed by atoms with E-state index in [1.54, 1.807) is 0 Å². The van der Waals surface area contributed by atoms with E-state index in [9.17, 15) is 9.90 Å². The average molecular weight is 412 g/mol. The molecule has 0 aromatic heterocycles. The minimum atomic E-state index is -0.488. The Morgan fingerprint density at radius 1 is 0.963 bits per heavy atom. The summed E-state index contributed by atoms with van der Waals surface area (Å²) in [5, 5.41) is 10.3. The number of anilines is 1. The van der Waals surface area contributed by atoms with Crippen molar-refractivity contribution >= 4 is 36.4 Å². The highest BCUT2D eigenvalue weighted by Gasteiger charge is 2.22. The van der Waals surface area contributed by atoms with Crippen LogP contribution < -0.4 is 5.73 Å². The quantitative estimate of drug-likeness (QED) is 0.741. The van der Waals surface area contributed by atoms with Crippen LogP contribution in [0.5, 0.6) is 0 Å². The second-order valence-corrected chi connectivity index (χ2v) is 6.53. The SMILES string of the molecule is Cl.Cl.Nc1ccc(CC(=O)N2CCN(CC(O)c3ccccc3)CC2)cc1. The highest BCUT2D eigenvalue weighted by Crippen LogP contribution is 2.15. The van der Waals surface area contributed by atoms with E-state index in [4.69, 9.17) is 5.73 Å². The summed E-state index contributed by atoms with van der Waals surface area (Å²) in [6.45, 7) is 3.59. The summed E-state index contributed by atoms with van der Waals surface area (Å²) in [5.74, 6) is 0.146. The van der Waals surface area contributed by atoms with Gasteiger partial charge in [-0.2, -0.15) is 0 Å². The van der Waals surface area contributed by atoms with Crippen LogP contribution in [0, 0.1) is 0 Å². The lowest BCUT2D eigenvalue weighted by molar-refractivity contribution is -0.132. The van der Waals surface area contributed by atoms with Crippen molar-refractivity contribution in [2.24, 2.45) is 0 Å². The normalized spacial score (nSPS) is 15.4. The molecule has 3 N–H and O–H groups in total. The lowest BCUT2D eigenvalue weighted by Crippen LogP contribution is -2.50. The van der Waals surface area contributed by atoms with Gasteiger partial charge in [0.05, 0.1) is 12.5 Å². The highest BCUT2D eigenvalue weighted by atomic mass is 35.5. The maximum atomic E-state index is 12.4. The molecule has 0 spiro atoms. The van der Waals surface area contributed by atoms with Crippen molar-refractivity contribution in [3.63, 3.8) is 0 Å². The molecule has 5 nitrogen and oxygen atoms in total. The summed E-state index contributed by atoms with van der Waals surface area (Å²) in [7, 11) is 0. The Hall–Kier alpha value is -1.79. The molecule has 0 aliphatic carbocycles. The summed E-state index contributed by atoms with van der Waals surface area (Å²) in [5.41, 5.74) is 8.31. The molecule has 1 amide bonds. The van der Waals surface area contributed by atoms with Crippen LogP contribution in [0.15, 0.2) is 54.6 Å². The van der Waals surface area contributed by atoms with Crippen molar-refractivity contribution in [2.45, 2.75) is 12.5 Å². The van der Waals surface area contributed by atoms with Crippen LogP contribution in [0.25, 0.3) is 0 Å². The second-order valence-electron chi connectivity index (χ2n) is 6.53. The Labute approximate surface area is 173 Å². The monoisotopic (exact) mass is 411 g/mol. The van der Waals surface area contributed by atoms with Crippen LogP contribution >= 0.6 is 24.8 Å². The maximum absolute atomic E-state index is 12.4. The molecule has 148 valence electrons. The van der Waals surface area contributed by atoms with Gasteiger partial charge in [0, 0.05) is 38.4 Å². The van der Waals surface area contributed by atoms with E-state index < -0.39 is 6.10 Å². The first kappa shape index (κ1) is 23.2. The third-order valence-electron chi connectivity index (χ3n) is 4.68. The van der Waals surface area contributed by atoms with Gasteiger partial charge in [0.25, 0.3) is 0 Å². The standard InChI is InChI=1S/C20H25N3O2.2ClH/c21-18-8-6-16(7-9-18)14-20(25)23-12-10-22(11-13-23)15-19(24)17-4-2-1-3-5-17;;/h1-9,19,24H,10-15,21H2;2*1H. The van der Waals surface area contributed by atoms with Crippen molar-refractivity contribution < 1.29 is 9.90 Å². The maximum Gasteiger partial charge on any atom is 0.227 e. The molecular weight excluding hydrogens is 385 g/mol. The van der Waals surface area contributed by atoms with E-state index in [0.717, 1.165) is 24.2 Å². The third kappa shape index (κ3) is 6.70. The van der Waals surface area contributed by atoms with E-state index in [1.165, 1.54) is 0 Å². The number of aliphatic hydroxyl groups is 1. The van der Waals surface area contributed by atoms with Gasteiger partial charge in [-0.1, -0.05) is 42.5 Å². The molecule has 7 heteroatoms. The fourth-order valence-corrected chi connectivity index (χ4v) is 3.13. The Morgan fingerprint density at radius 2 is 1.56 bits per heavy atom. The molecule has 0 bridgehead atoms. The topological polar surface area (TPSA) is 69.8 Å². The van der Waals surface area contributed by atoms with Gasteiger partial charge in [-0.3, -0.25) is 9.69 Å². The lowest BCUT2D eigenvalue weighted by Gasteiger charge is -2.35. The first-order chi connectivity index (χ1) is 12.1. The van der Waals surface area contributed by atoms with Crippen LogP contribution in [0.3, 0.4) is 0 Å². The number of halogens is 2. The molecule has 1 unspecified atom stereocenters. The predicted molar refractivity (Wildman–Crippen MR) is 113 cm³/mol. The summed E-state index contributed by atoms with van der Waals surface area (Å²) >= 11 is 0. The second kappa shape index (κ2) is 11.1. The van der Waals surface area contributed by atoms with E-state index in [2.05, 4.69) is 4.90 Å². The molecule has 0 radical (unpaired) electrons. The van der Waals surface area contributed by atoms with Crippen molar-refractivity contribution in [3.8, 4) is 0 Å². The number of rotatable bonds is 5. The fourth-order valence-electron chi connectivity index (χ4n) is 3.13. The minimum Gasteiger partial charge on any atom is -0.399 e. The van der Waals surface area contributed by atoms with Gasteiger partial charge in [-0.25, -0.2) is 0 Å². The van der Waals surface area contributed by atoms with E-state index >= 15 is 0 Å². The number of amides is 1. The van der Waals surface area contributed by atoms with Gasteiger partial charge in [0.1, 0.15) is 0 Å². The molecule has 1 fully saturated rings. The number of benzene rings is 2. The van der Waals surface area contributed by atoms with Gasteiger partial charge in [-0.05, 0) is 23.3 Å². The predicted octanol–water partition coefficient (Wildman–Crippen LogP) is 2.53. The number of piperazine rings is 1. The van der Waals surface area contributed by atoms with Crippen molar-refractivity contribution in [1.82, 2.24) is 9.80 Å². The molecule has 1 atom stereocenters. The molecule has 1 aliphatic heterocycles. The number of nitrogen functional groups attached to an aromatic ring is 1. The summed E-state index contributed by atoms with van der Waals surface area (Å²) < 4.78 is 0. The zero-order valence-corrected chi connectivity index (χ0v) is 16.8. The zero-order chi connectivity index (χ0) is 17.6. The van der Waals surface area contributed by atoms with Gasteiger partial charge in [0.2, 0.25) is 5.91 Å². The largest absolute Gasteiger partial charge is 0.399 e. The van der Waals surface area contributed by atoms with Crippen LogP contribution in [-0.4, -0.2) is 53.5 Å². The van der Waals surface area contributed by atoms with Gasteiger partial charge in [-0.15, -0.1) is 24.8 Å². The van der Waals surface area contributed by atoms with Gasteiger partial charge < -0.3 is 15.7 Å². The van der Waals surface area contributed by atoms with Crippen molar-refractivity contribution in [1.29, 1.82) is 0 Å². The first-order valence-electron chi connectivity index (χ1n) is 8.69. The smallest absolute Gasteiger partial charge is 0.227 e. The van der Waals surface area contributed by atoms with E-state index in [0.29, 0.717) is 31.7 Å². The molecule has 1 aliphatic rings. The van der Waals surface area contributed by atoms with Gasteiger partial charge >= 0.3 is 0 Å². The number of hydrogen-bond acceptors (Lipinski definition) is 4. The summed E-state index contributed by atoms with van der Waals surface area (Å²) in [6.07, 6.45) is -0.0781. The van der Waals surface area contributed by atoms with Crippen LogP contribution in [0.1, 0.15) is 17.2 Å². The molecule has 1 saturated heterocycles. The molecule has 3 rings (SSSR count). The van der Waals surface area contributed by atoms with E-state index in [-0.39, 0.29) is 30.7 Å². The Morgan fingerprint density at radius 3 is 2.15 bits per heavy atom. The number of nitrogens with zero attached hydrogens (tertiary/aromatic N) is 2. The minimum absolute atomic E-state index is 0. The summed E-state index contributed by atoms with van der Waals surface area (Å²) in [4.78, 5) is 16.5. The van der Waals surface area contributed by atoms with Crippen LogP contribution in [0.4, 0.5) is 5.69 Å². The number of β-amino-alcohol motifs (C(OH)–C–C–N with tert-alkyl or cyclic N) is 1. The Kier molecular flexibility index (Phi) is 9.60. The van der Waals surface area contributed by atoms with Crippen LogP contribution in [0.2, 0.25) is 0 Å². The number of carbonyl (C=O) groups is 1. The number of carbonyl (C=O) groups excluding carboxylic acids is 1. The highest BCUT2D eigenvalue weighted by molar-refractivity contribution is 5.85. The molecule has 0 saturated carbocycles. The number of aliphatic hydroxyl groups excluding tert-OH is 1. The van der Waals surface area contributed by atoms with Crippen molar-refractivity contribution in [2.75, 3.05) is 38.5 Å². The number of hydrogen-bond donors (Lipinski definition) is 2. The van der Waals surface area contributed by atoms with Crippen molar-refractivity contribution in [3.05, 3.63) is 65.7 Å². The Bertz CT molecular complexity index is 690. The average Bonchev–Trinajstić information content (AvgIpc) is 2.65. The molecule has 27 heavy (non-hydrogen) atoms. The molecular formula is C20H27Cl2N3O2.